The Morgan fingerprint density at radius 3 is 2.43 bits per heavy atom. The highest BCUT2D eigenvalue weighted by Crippen LogP contribution is 2.36. The molecule has 3 aliphatic rings. The minimum atomic E-state index is 0. The minimum Gasteiger partial charge on any atom is -0.371 e. The number of carbonyl (C=O) groups is 1. The van der Waals surface area contributed by atoms with Gasteiger partial charge in [0, 0.05) is 19.5 Å². The maximum absolute atomic E-state index is 11.7. The molecule has 3 aliphatic heterocycles. The van der Waals surface area contributed by atoms with E-state index in [1.807, 2.05) is 4.90 Å². The average Bonchev–Trinajstić information content (AvgIpc) is 1.75. The molecule has 0 aromatic rings. The van der Waals surface area contributed by atoms with Crippen LogP contribution in [0.3, 0.4) is 0 Å². The molecule has 0 aromatic heterocycles. The smallest absolute Gasteiger partial charge is 0.228 e. The van der Waals surface area contributed by atoms with Crippen LogP contribution in [-0.4, -0.2) is 49.2 Å². The van der Waals surface area contributed by atoms with Crippen LogP contribution in [-0.2, 0) is 9.53 Å². The number of halogens is 1. The Kier molecular flexibility index (Phi) is 2.45. The quantitative estimate of drug-likeness (QED) is 0.653. The van der Waals surface area contributed by atoms with Crippen molar-refractivity contribution in [3.05, 3.63) is 0 Å². The molecule has 0 saturated carbocycles. The first-order valence-corrected chi connectivity index (χ1v) is 4.93. The highest BCUT2D eigenvalue weighted by atomic mass is 35.5. The largest absolute Gasteiger partial charge is 0.371 e. The lowest BCUT2D eigenvalue weighted by atomic mass is 9.84. The number of carbonyl (C=O) groups excluding carboxylic acids is 1. The Labute approximate surface area is 89.4 Å². The molecular formula is C9H15ClN2O2. The van der Waals surface area contributed by atoms with Crippen LogP contribution in [0.4, 0.5) is 0 Å². The molecule has 0 radical (unpaired) electrons. The van der Waals surface area contributed by atoms with Crippen molar-refractivity contribution in [2.75, 3.05) is 32.8 Å². The van der Waals surface area contributed by atoms with Gasteiger partial charge >= 0.3 is 0 Å². The van der Waals surface area contributed by atoms with Gasteiger partial charge in [-0.05, 0) is 0 Å². The van der Waals surface area contributed by atoms with Gasteiger partial charge in [0.25, 0.3) is 0 Å². The topological polar surface area (TPSA) is 41.6 Å². The van der Waals surface area contributed by atoms with Gasteiger partial charge in [0.1, 0.15) is 5.60 Å². The molecule has 80 valence electrons. The third-order valence-electron chi connectivity index (χ3n) is 3.37. The van der Waals surface area contributed by atoms with Gasteiger partial charge in [-0.15, -0.1) is 12.4 Å². The molecule has 5 heteroatoms. The molecule has 3 saturated heterocycles. The zero-order valence-corrected chi connectivity index (χ0v) is 8.81. The highest BCUT2D eigenvalue weighted by molar-refractivity contribution is 5.85. The van der Waals surface area contributed by atoms with Crippen LogP contribution < -0.4 is 5.32 Å². The summed E-state index contributed by atoms with van der Waals surface area (Å²) in [5.41, 5.74) is 0.0901. The molecule has 0 aromatic carbocycles. The van der Waals surface area contributed by atoms with Crippen LogP contribution in [0.2, 0.25) is 0 Å². The van der Waals surface area contributed by atoms with E-state index in [9.17, 15) is 4.79 Å². The zero-order valence-electron chi connectivity index (χ0n) is 7.99. The lowest BCUT2D eigenvalue weighted by molar-refractivity contribution is -0.223. The van der Waals surface area contributed by atoms with E-state index in [4.69, 9.17) is 4.74 Å². The molecule has 3 fully saturated rings. The van der Waals surface area contributed by atoms with Gasteiger partial charge in [-0.1, -0.05) is 0 Å². The number of hydrogen-bond acceptors (Lipinski definition) is 3. The van der Waals surface area contributed by atoms with Crippen molar-refractivity contribution >= 4 is 18.3 Å². The average molecular weight is 219 g/mol. The number of likely N-dealkylation sites (tertiary alicyclic amines) is 1. The summed E-state index contributed by atoms with van der Waals surface area (Å²) < 4.78 is 5.46. The summed E-state index contributed by atoms with van der Waals surface area (Å²) in [6.45, 7) is 4.28. The van der Waals surface area contributed by atoms with Gasteiger partial charge in [0.2, 0.25) is 5.91 Å². The van der Waals surface area contributed by atoms with E-state index in [0.717, 1.165) is 39.2 Å². The molecule has 1 amide bonds. The SMILES string of the molecule is Cl.O=C(C1CNC1)N1CC2(CCO2)C1. The van der Waals surface area contributed by atoms with Crippen LogP contribution in [0.15, 0.2) is 0 Å². The normalized spacial score (nSPS) is 28.4. The molecule has 1 spiro atoms. The van der Waals surface area contributed by atoms with Gasteiger partial charge < -0.3 is 15.0 Å². The second kappa shape index (κ2) is 3.36. The van der Waals surface area contributed by atoms with Gasteiger partial charge in [0.05, 0.1) is 25.6 Å². The number of nitrogens with one attached hydrogen (secondary N) is 1. The molecule has 4 nitrogen and oxygen atoms in total. The fraction of sp³-hybridized carbons (Fsp3) is 0.889. The highest BCUT2D eigenvalue weighted by Gasteiger charge is 2.51. The Hall–Kier alpha value is -0.320. The Morgan fingerprint density at radius 2 is 2.07 bits per heavy atom. The third kappa shape index (κ3) is 1.33. The fourth-order valence-electron chi connectivity index (χ4n) is 2.17. The van der Waals surface area contributed by atoms with Gasteiger partial charge in [-0.2, -0.15) is 0 Å². The molecule has 3 rings (SSSR count). The Bertz CT molecular complexity index is 243. The van der Waals surface area contributed by atoms with E-state index in [1.54, 1.807) is 0 Å². The van der Waals surface area contributed by atoms with E-state index >= 15 is 0 Å². The summed E-state index contributed by atoms with van der Waals surface area (Å²) in [6, 6.07) is 0. The van der Waals surface area contributed by atoms with Crippen molar-refractivity contribution in [1.29, 1.82) is 0 Å². The number of nitrogens with zero attached hydrogens (tertiary/aromatic N) is 1. The molecule has 3 heterocycles. The van der Waals surface area contributed by atoms with E-state index in [-0.39, 0.29) is 23.9 Å². The van der Waals surface area contributed by atoms with E-state index in [2.05, 4.69) is 5.32 Å². The summed E-state index contributed by atoms with van der Waals surface area (Å²) in [6.07, 6.45) is 1.14. The fourth-order valence-corrected chi connectivity index (χ4v) is 2.17. The van der Waals surface area contributed by atoms with Gasteiger partial charge in [-0.25, -0.2) is 0 Å². The summed E-state index contributed by atoms with van der Waals surface area (Å²) in [4.78, 5) is 13.6. The predicted molar refractivity (Wildman–Crippen MR) is 53.5 cm³/mol. The minimum absolute atomic E-state index is 0. The number of hydrogen-bond donors (Lipinski definition) is 1. The predicted octanol–water partition coefficient (Wildman–Crippen LogP) is -0.371. The Balaban J connectivity index is 0.000000750. The second-order valence-electron chi connectivity index (χ2n) is 4.33. The molecule has 0 bridgehead atoms. The van der Waals surface area contributed by atoms with E-state index in [1.165, 1.54) is 0 Å². The number of ether oxygens (including phenoxy) is 1. The standard InChI is InChI=1S/C9H14N2O2.ClH/c12-8(7-3-10-4-7)11-5-9(6-11)1-2-13-9;/h7,10H,1-6H2;1H. The third-order valence-corrected chi connectivity index (χ3v) is 3.37. The molecule has 14 heavy (non-hydrogen) atoms. The maximum Gasteiger partial charge on any atom is 0.228 e. The van der Waals surface area contributed by atoms with Crippen LogP contribution in [0.1, 0.15) is 6.42 Å². The number of amides is 1. The van der Waals surface area contributed by atoms with Crippen LogP contribution >= 0.6 is 12.4 Å². The monoisotopic (exact) mass is 218 g/mol. The van der Waals surface area contributed by atoms with Crippen molar-refractivity contribution in [1.82, 2.24) is 10.2 Å². The van der Waals surface area contributed by atoms with Crippen LogP contribution in [0.25, 0.3) is 0 Å². The number of rotatable bonds is 1. The van der Waals surface area contributed by atoms with Crippen molar-refractivity contribution in [2.24, 2.45) is 5.92 Å². The van der Waals surface area contributed by atoms with E-state index < -0.39 is 0 Å². The molecule has 0 unspecified atom stereocenters. The first-order valence-electron chi connectivity index (χ1n) is 4.93. The second-order valence-corrected chi connectivity index (χ2v) is 4.33. The van der Waals surface area contributed by atoms with E-state index in [0.29, 0.717) is 5.91 Å². The first-order chi connectivity index (χ1) is 6.29. The maximum atomic E-state index is 11.7. The van der Waals surface area contributed by atoms with Gasteiger partial charge in [-0.3, -0.25) is 4.79 Å². The summed E-state index contributed by atoms with van der Waals surface area (Å²) >= 11 is 0. The van der Waals surface area contributed by atoms with Gasteiger partial charge in [0.15, 0.2) is 0 Å². The van der Waals surface area contributed by atoms with Crippen LogP contribution in [0, 0.1) is 5.92 Å². The van der Waals surface area contributed by atoms with Crippen molar-refractivity contribution in [3.63, 3.8) is 0 Å². The molecular weight excluding hydrogens is 204 g/mol. The van der Waals surface area contributed by atoms with Crippen molar-refractivity contribution in [3.8, 4) is 0 Å². The van der Waals surface area contributed by atoms with Crippen LogP contribution in [0.5, 0.6) is 0 Å². The molecule has 1 N–H and O–H groups in total. The first kappa shape index (κ1) is 10.2. The summed E-state index contributed by atoms with van der Waals surface area (Å²) in [5, 5.41) is 3.12. The van der Waals surface area contributed by atoms with Crippen molar-refractivity contribution < 1.29 is 9.53 Å². The summed E-state index contributed by atoms with van der Waals surface area (Å²) in [5.74, 6) is 0.567. The molecule has 0 aliphatic carbocycles. The Morgan fingerprint density at radius 1 is 1.43 bits per heavy atom. The lowest BCUT2D eigenvalue weighted by Crippen LogP contribution is -2.71. The zero-order chi connectivity index (χ0) is 8.89. The lowest BCUT2D eigenvalue weighted by Gasteiger charge is -2.56. The van der Waals surface area contributed by atoms with Crippen molar-refractivity contribution in [2.45, 2.75) is 12.0 Å². The summed E-state index contributed by atoms with van der Waals surface area (Å²) in [7, 11) is 0. The molecule has 0 atom stereocenters.